The summed E-state index contributed by atoms with van der Waals surface area (Å²) in [6.45, 7) is -0.591. The van der Waals surface area contributed by atoms with E-state index in [1.807, 2.05) is 0 Å². The molecule has 0 heterocycles. The normalized spacial score (nSPS) is 11.6. The Morgan fingerprint density at radius 2 is 2.06 bits per heavy atom. The predicted octanol–water partition coefficient (Wildman–Crippen LogP) is 4.48. The number of halogens is 5. The Balaban J connectivity index is 2.16. The van der Waals surface area contributed by atoms with Crippen LogP contribution in [0.25, 0.3) is 0 Å². The van der Waals surface area contributed by atoms with Crippen molar-refractivity contribution in [1.82, 2.24) is 0 Å². The van der Waals surface area contributed by atoms with Gasteiger partial charge in [0.05, 0.1) is 5.02 Å². The molecule has 0 spiro atoms. The van der Waals surface area contributed by atoms with E-state index in [0.717, 1.165) is 10.2 Å². The Bertz CT molecular complexity index is 387. The molecule has 1 N–H and O–H groups in total. The summed E-state index contributed by atoms with van der Waals surface area (Å²) in [4.78, 5) is 0. The summed E-state index contributed by atoms with van der Waals surface area (Å²) in [7, 11) is 0. The topological polar surface area (TPSA) is 21.3 Å². The standard InChI is InChI=1S/C11H12BrClF3NO/c12-9-6-8(2-3-10(9)13)17-4-1-5-18-7-11(14,15)16/h2-3,6,17H,1,4-5,7H2. The molecule has 0 saturated heterocycles. The van der Waals surface area contributed by atoms with Crippen LogP contribution >= 0.6 is 27.5 Å². The van der Waals surface area contributed by atoms with Crippen LogP contribution in [0, 0.1) is 0 Å². The fraction of sp³-hybridized carbons (Fsp3) is 0.455. The maximum atomic E-state index is 11.8. The van der Waals surface area contributed by atoms with Crippen molar-refractivity contribution in [2.45, 2.75) is 12.6 Å². The van der Waals surface area contributed by atoms with Crippen molar-refractivity contribution in [2.24, 2.45) is 0 Å². The number of benzene rings is 1. The molecule has 1 rings (SSSR count). The Labute approximate surface area is 117 Å². The van der Waals surface area contributed by atoms with Crippen LogP contribution in [0.4, 0.5) is 18.9 Å². The lowest BCUT2D eigenvalue weighted by molar-refractivity contribution is -0.173. The van der Waals surface area contributed by atoms with E-state index in [2.05, 4.69) is 26.0 Å². The number of nitrogens with one attached hydrogen (secondary N) is 1. The number of ether oxygens (including phenoxy) is 1. The van der Waals surface area contributed by atoms with Crippen LogP contribution in [0.5, 0.6) is 0 Å². The van der Waals surface area contributed by atoms with Crippen LogP contribution in [0.2, 0.25) is 5.02 Å². The van der Waals surface area contributed by atoms with E-state index in [1.165, 1.54) is 0 Å². The third-order valence-electron chi connectivity index (χ3n) is 1.98. The number of anilines is 1. The van der Waals surface area contributed by atoms with Crippen molar-refractivity contribution in [3.63, 3.8) is 0 Å². The van der Waals surface area contributed by atoms with E-state index in [-0.39, 0.29) is 6.61 Å². The summed E-state index contributed by atoms with van der Waals surface area (Å²) < 4.78 is 40.5. The summed E-state index contributed by atoms with van der Waals surface area (Å²) in [6.07, 6.45) is -3.76. The second-order valence-electron chi connectivity index (χ2n) is 3.58. The molecular weight excluding hydrogens is 334 g/mol. The van der Waals surface area contributed by atoms with E-state index < -0.39 is 12.8 Å². The zero-order valence-electron chi connectivity index (χ0n) is 9.36. The molecule has 0 atom stereocenters. The smallest absolute Gasteiger partial charge is 0.385 e. The lowest BCUT2D eigenvalue weighted by atomic mass is 10.3. The second kappa shape index (κ2) is 7.21. The Morgan fingerprint density at radius 3 is 2.67 bits per heavy atom. The summed E-state index contributed by atoms with van der Waals surface area (Å²) >= 11 is 9.10. The maximum absolute atomic E-state index is 11.8. The van der Waals surface area contributed by atoms with Gasteiger partial charge < -0.3 is 10.1 Å². The van der Waals surface area contributed by atoms with E-state index in [1.54, 1.807) is 18.2 Å². The van der Waals surface area contributed by atoms with Gasteiger partial charge in [-0.25, -0.2) is 0 Å². The highest BCUT2D eigenvalue weighted by Gasteiger charge is 2.27. The summed E-state index contributed by atoms with van der Waals surface area (Å²) in [5.41, 5.74) is 0.849. The van der Waals surface area contributed by atoms with Gasteiger partial charge in [0, 0.05) is 23.3 Å². The average molecular weight is 347 g/mol. The molecule has 1 aromatic carbocycles. The summed E-state index contributed by atoms with van der Waals surface area (Å²) in [5.74, 6) is 0. The molecule has 2 nitrogen and oxygen atoms in total. The molecule has 1 aromatic rings. The van der Waals surface area contributed by atoms with Crippen LogP contribution in [0.3, 0.4) is 0 Å². The third kappa shape index (κ3) is 6.47. The van der Waals surface area contributed by atoms with E-state index >= 15 is 0 Å². The lowest BCUT2D eigenvalue weighted by Gasteiger charge is -2.09. The molecule has 0 saturated carbocycles. The highest BCUT2D eigenvalue weighted by atomic mass is 79.9. The van der Waals surface area contributed by atoms with Gasteiger partial charge in [-0.1, -0.05) is 11.6 Å². The molecule has 0 aromatic heterocycles. The van der Waals surface area contributed by atoms with Crippen molar-refractivity contribution in [3.8, 4) is 0 Å². The second-order valence-corrected chi connectivity index (χ2v) is 4.84. The number of hydrogen-bond donors (Lipinski definition) is 1. The van der Waals surface area contributed by atoms with Crippen LogP contribution in [0.15, 0.2) is 22.7 Å². The molecule has 0 radical (unpaired) electrons. The molecule has 0 aliphatic heterocycles. The molecule has 18 heavy (non-hydrogen) atoms. The fourth-order valence-corrected chi connectivity index (χ4v) is 1.70. The monoisotopic (exact) mass is 345 g/mol. The Morgan fingerprint density at radius 1 is 1.33 bits per heavy atom. The minimum atomic E-state index is -4.26. The van der Waals surface area contributed by atoms with Crippen molar-refractivity contribution < 1.29 is 17.9 Å². The van der Waals surface area contributed by atoms with Gasteiger partial charge in [0.25, 0.3) is 0 Å². The zero-order valence-corrected chi connectivity index (χ0v) is 11.7. The van der Waals surface area contributed by atoms with Crippen molar-refractivity contribution in [3.05, 3.63) is 27.7 Å². The fourth-order valence-electron chi connectivity index (χ4n) is 1.20. The molecule has 0 amide bonds. The molecule has 0 unspecified atom stereocenters. The number of alkyl halides is 3. The highest BCUT2D eigenvalue weighted by Crippen LogP contribution is 2.25. The van der Waals surface area contributed by atoms with Gasteiger partial charge >= 0.3 is 6.18 Å². The molecular formula is C11H12BrClF3NO. The highest BCUT2D eigenvalue weighted by molar-refractivity contribution is 9.10. The first-order chi connectivity index (χ1) is 8.38. The van der Waals surface area contributed by atoms with Crippen LogP contribution in [-0.2, 0) is 4.74 Å². The predicted molar refractivity (Wildman–Crippen MR) is 69.1 cm³/mol. The average Bonchev–Trinajstić information content (AvgIpc) is 2.26. The maximum Gasteiger partial charge on any atom is 0.411 e. The first kappa shape index (κ1) is 15.6. The quantitative estimate of drug-likeness (QED) is 0.767. The molecule has 0 aliphatic rings. The minimum absolute atomic E-state index is 0.0707. The zero-order chi connectivity index (χ0) is 13.6. The molecule has 102 valence electrons. The van der Waals surface area contributed by atoms with Crippen molar-refractivity contribution in [1.29, 1.82) is 0 Å². The molecule has 0 fully saturated rings. The molecule has 0 aliphatic carbocycles. The van der Waals surface area contributed by atoms with Crippen LogP contribution in [0.1, 0.15) is 6.42 Å². The van der Waals surface area contributed by atoms with Gasteiger partial charge in [0.1, 0.15) is 6.61 Å². The van der Waals surface area contributed by atoms with Gasteiger partial charge in [-0.3, -0.25) is 0 Å². The summed E-state index contributed by atoms with van der Waals surface area (Å²) in [5, 5.41) is 3.67. The first-order valence-electron chi connectivity index (χ1n) is 5.22. The Kier molecular flexibility index (Phi) is 6.25. The van der Waals surface area contributed by atoms with Crippen LogP contribution < -0.4 is 5.32 Å². The van der Waals surface area contributed by atoms with Crippen LogP contribution in [-0.4, -0.2) is 25.9 Å². The van der Waals surface area contributed by atoms with Gasteiger partial charge in [-0.15, -0.1) is 0 Å². The van der Waals surface area contributed by atoms with Gasteiger partial charge in [0.2, 0.25) is 0 Å². The van der Waals surface area contributed by atoms with Gasteiger partial charge in [-0.05, 0) is 40.5 Å². The minimum Gasteiger partial charge on any atom is -0.385 e. The van der Waals surface area contributed by atoms with E-state index in [9.17, 15) is 13.2 Å². The lowest BCUT2D eigenvalue weighted by Crippen LogP contribution is -2.18. The SMILES string of the molecule is FC(F)(F)COCCCNc1ccc(Cl)c(Br)c1. The van der Waals surface area contributed by atoms with E-state index in [4.69, 9.17) is 11.6 Å². The number of rotatable bonds is 6. The van der Waals surface area contributed by atoms with Crippen molar-refractivity contribution in [2.75, 3.05) is 25.1 Å². The van der Waals surface area contributed by atoms with E-state index in [0.29, 0.717) is 18.0 Å². The number of hydrogen-bond acceptors (Lipinski definition) is 2. The molecule has 7 heteroatoms. The molecule has 0 bridgehead atoms. The van der Waals surface area contributed by atoms with Crippen molar-refractivity contribution >= 4 is 33.2 Å². The summed E-state index contributed by atoms with van der Waals surface area (Å²) in [6, 6.07) is 5.33. The van der Waals surface area contributed by atoms with Gasteiger partial charge in [0.15, 0.2) is 0 Å². The third-order valence-corrected chi connectivity index (χ3v) is 3.19. The Hall–Kier alpha value is -0.460. The largest absolute Gasteiger partial charge is 0.411 e. The van der Waals surface area contributed by atoms with Gasteiger partial charge in [-0.2, -0.15) is 13.2 Å². The first-order valence-corrected chi connectivity index (χ1v) is 6.39.